The number of nitrogens with zero attached hydrogens (tertiary/aromatic N) is 2. The van der Waals surface area contributed by atoms with Crippen molar-refractivity contribution in [3.8, 4) is 0 Å². The molecule has 2 rings (SSSR count). The monoisotopic (exact) mass is 362 g/mol. The lowest BCUT2D eigenvalue weighted by Gasteiger charge is -2.37. The minimum atomic E-state index is -0.184. The van der Waals surface area contributed by atoms with Gasteiger partial charge in [0.2, 0.25) is 5.91 Å². The lowest BCUT2D eigenvalue weighted by atomic mass is 10.0. The number of halogens is 2. The lowest BCUT2D eigenvalue weighted by Crippen LogP contribution is -2.50. The number of nitrogens with one attached hydrogen (secondary N) is 2. The van der Waals surface area contributed by atoms with Gasteiger partial charge in [-0.05, 0) is 19.7 Å². The van der Waals surface area contributed by atoms with Crippen molar-refractivity contribution >= 4 is 30.7 Å². The molecule has 0 saturated carbocycles. The Morgan fingerprint density at radius 3 is 2.26 bits per heavy atom. The smallest absolute Gasteiger partial charge is 0.242 e. The maximum Gasteiger partial charge on any atom is 0.242 e. The molecule has 2 N–H and O–H groups in total. The molecule has 0 bridgehead atoms. The fourth-order valence-electron chi connectivity index (χ4n) is 2.65. The minimum Gasteiger partial charge on any atom is -0.353 e. The maximum absolute atomic E-state index is 12.6. The van der Waals surface area contributed by atoms with Crippen LogP contribution in [0.15, 0.2) is 30.3 Å². The van der Waals surface area contributed by atoms with Gasteiger partial charge in [0.1, 0.15) is 6.04 Å². The summed E-state index contributed by atoms with van der Waals surface area (Å²) in [4.78, 5) is 17.2. The van der Waals surface area contributed by atoms with Crippen LogP contribution in [0.4, 0.5) is 0 Å². The van der Waals surface area contributed by atoms with E-state index in [-0.39, 0.29) is 36.8 Å². The highest BCUT2D eigenvalue weighted by molar-refractivity contribution is 5.85. The van der Waals surface area contributed by atoms with Crippen molar-refractivity contribution in [1.82, 2.24) is 20.4 Å². The maximum atomic E-state index is 12.6. The van der Waals surface area contributed by atoms with Crippen molar-refractivity contribution in [2.24, 2.45) is 0 Å². The quantitative estimate of drug-likeness (QED) is 0.745. The molecule has 1 atom stereocenters. The number of benzene rings is 1. The van der Waals surface area contributed by atoms with E-state index in [0.29, 0.717) is 6.54 Å². The molecule has 1 unspecified atom stereocenters. The topological polar surface area (TPSA) is 47.6 Å². The van der Waals surface area contributed by atoms with Crippen LogP contribution < -0.4 is 10.6 Å². The third kappa shape index (κ3) is 6.65. The van der Waals surface area contributed by atoms with E-state index in [2.05, 4.69) is 27.5 Å². The van der Waals surface area contributed by atoms with Crippen molar-refractivity contribution in [3.05, 3.63) is 35.9 Å². The van der Waals surface area contributed by atoms with Crippen molar-refractivity contribution < 1.29 is 4.79 Å². The average molecular weight is 363 g/mol. The van der Waals surface area contributed by atoms with Crippen LogP contribution in [0.2, 0.25) is 0 Å². The van der Waals surface area contributed by atoms with Crippen LogP contribution in [0, 0.1) is 0 Å². The zero-order valence-corrected chi connectivity index (χ0v) is 15.5. The van der Waals surface area contributed by atoms with E-state index in [1.807, 2.05) is 37.4 Å². The third-order valence-corrected chi connectivity index (χ3v) is 3.94. The number of carbonyl (C=O) groups is 1. The standard InChI is InChI=1S/C16H26N4O.2ClH/c1-17-8-9-18-16(21)15(14-6-4-3-5-7-14)20-12-10-19(2)11-13-20;;/h3-7,15,17H,8-13H2,1-2H3,(H,18,21);2*1H. The van der Waals surface area contributed by atoms with Gasteiger partial charge in [-0.25, -0.2) is 0 Å². The molecular formula is C16H28Cl2N4O. The van der Waals surface area contributed by atoms with Gasteiger partial charge in [-0.15, -0.1) is 24.8 Å². The number of amides is 1. The summed E-state index contributed by atoms with van der Waals surface area (Å²) in [5, 5.41) is 6.09. The molecule has 1 aromatic carbocycles. The van der Waals surface area contributed by atoms with Gasteiger partial charge in [-0.1, -0.05) is 30.3 Å². The van der Waals surface area contributed by atoms with Gasteiger partial charge >= 0.3 is 0 Å². The SMILES string of the molecule is CNCCNC(=O)C(c1ccccc1)N1CCN(C)CC1.Cl.Cl. The molecule has 1 fully saturated rings. The first-order valence-corrected chi connectivity index (χ1v) is 7.62. The highest BCUT2D eigenvalue weighted by Gasteiger charge is 2.29. The number of hydrogen-bond donors (Lipinski definition) is 2. The van der Waals surface area contributed by atoms with Crippen molar-refractivity contribution in [3.63, 3.8) is 0 Å². The first kappa shape index (κ1) is 22.1. The van der Waals surface area contributed by atoms with E-state index in [9.17, 15) is 4.79 Å². The van der Waals surface area contributed by atoms with Crippen LogP contribution in [-0.4, -0.2) is 69.1 Å². The zero-order valence-electron chi connectivity index (χ0n) is 13.8. The summed E-state index contributed by atoms with van der Waals surface area (Å²) >= 11 is 0. The van der Waals surface area contributed by atoms with E-state index in [1.54, 1.807) is 0 Å². The van der Waals surface area contributed by atoms with Crippen LogP contribution in [0.3, 0.4) is 0 Å². The molecule has 0 radical (unpaired) electrons. The van der Waals surface area contributed by atoms with Crippen molar-refractivity contribution in [1.29, 1.82) is 0 Å². The fourth-order valence-corrected chi connectivity index (χ4v) is 2.65. The predicted molar refractivity (Wildman–Crippen MR) is 99.7 cm³/mol. The lowest BCUT2D eigenvalue weighted by molar-refractivity contribution is -0.127. The Labute approximate surface area is 151 Å². The molecule has 1 aliphatic rings. The van der Waals surface area contributed by atoms with Gasteiger partial charge in [0, 0.05) is 39.3 Å². The van der Waals surface area contributed by atoms with Gasteiger partial charge < -0.3 is 15.5 Å². The molecule has 1 heterocycles. The molecular weight excluding hydrogens is 335 g/mol. The van der Waals surface area contributed by atoms with Crippen LogP contribution in [0.5, 0.6) is 0 Å². The largest absolute Gasteiger partial charge is 0.353 e. The summed E-state index contributed by atoms with van der Waals surface area (Å²) < 4.78 is 0. The minimum absolute atomic E-state index is 0. The summed E-state index contributed by atoms with van der Waals surface area (Å²) in [6.45, 7) is 5.31. The molecule has 23 heavy (non-hydrogen) atoms. The van der Waals surface area contributed by atoms with Crippen LogP contribution in [0.25, 0.3) is 0 Å². The average Bonchev–Trinajstić information content (AvgIpc) is 2.51. The second-order valence-corrected chi connectivity index (χ2v) is 5.55. The highest BCUT2D eigenvalue weighted by atomic mass is 35.5. The van der Waals surface area contributed by atoms with E-state index in [0.717, 1.165) is 38.3 Å². The molecule has 0 aliphatic carbocycles. The summed E-state index contributed by atoms with van der Waals surface area (Å²) in [7, 11) is 4.02. The van der Waals surface area contributed by atoms with E-state index in [4.69, 9.17) is 0 Å². The van der Waals surface area contributed by atoms with Crippen molar-refractivity contribution in [2.75, 3.05) is 53.4 Å². The van der Waals surface area contributed by atoms with Gasteiger partial charge in [-0.2, -0.15) is 0 Å². The molecule has 1 saturated heterocycles. The molecule has 0 spiro atoms. The second-order valence-electron chi connectivity index (χ2n) is 5.55. The molecule has 5 nitrogen and oxygen atoms in total. The summed E-state index contributed by atoms with van der Waals surface area (Å²) in [6, 6.07) is 9.89. The van der Waals surface area contributed by atoms with E-state index < -0.39 is 0 Å². The number of carbonyl (C=O) groups excluding carboxylic acids is 1. The Balaban J connectivity index is 0.00000242. The highest BCUT2D eigenvalue weighted by Crippen LogP contribution is 2.22. The first-order chi connectivity index (χ1) is 10.2. The van der Waals surface area contributed by atoms with Gasteiger partial charge in [0.05, 0.1) is 0 Å². The van der Waals surface area contributed by atoms with Gasteiger partial charge in [0.25, 0.3) is 0 Å². The summed E-state index contributed by atoms with van der Waals surface area (Å²) in [5.41, 5.74) is 1.07. The van der Waals surface area contributed by atoms with E-state index in [1.165, 1.54) is 0 Å². The summed E-state index contributed by atoms with van der Waals surface area (Å²) in [5.74, 6) is 0.0982. The van der Waals surface area contributed by atoms with Crippen LogP contribution in [0.1, 0.15) is 11.6 Å². The Kier molecular flexibility index (Phi) is 11.2. The molecule has 132 valence electrons. The van der Waals surface area contributed by atoms with Crippen LogP contribution >= 0.6 is 24.8 Å². The van der Waals surface area contributed by atoms with E-state index >= 15 is 0 Å². The Hall–Kier alpha value is -0.850. The molecule has 1 aliphatic heterocycles. The van der Waals surface area contributed by atoms with Crippen LogP contribution in [-0.2, 0) is 4.79 Å². The van der Waals surface area contributed by atoms with Gasteiger partial charge in [0.15, 0.2) is 0 Å². The fraction of sp³-hybridized carbons (Fsp3) is 0.562. The molecule has 1 aromatic rings. The Bertz CT molecular complexity index is 439. The summed E-state index contributed by atoms with van der Waals surface area (Å²) in [6.07, 6.45) is 0. The zero-order chi connectivity index (χ0) is 15.1. The number of piperazine rings is 1. The first-order valence-electron chi connectivity index (χ1n) is 7.62. The molecule has 7 heteroatoms. The van der Waals surface area contributed by atoms with Crippen molar-refractivity contribution in [2.45, 2.75) is 6.04 Å². The Morgan fingerprint density at radius 1 is 1.09 bits per heavy atom. The number of likely N-dealkylation sites (N-methyl/N-ethyl adjacent to an activating group) is 2. The second kappa shape index (κ2) is 11.6. The Morgan fingerprint density at radius 2 is 1.70 bits per heavy atom. The predicted octanol–water partition coefficient (Wildman–Crippen LogP) is 1.15. The molecule has 1 amide bonds. The number of rotatable bonds is 6. The molecule has 0 aromatic heterocycles. The van der Waals surface area contributed by atoms with Gasteiger partial charge in [-0.3, -0.25) is 9.69 Å². The third-order valence-electron chi connectivity index (χ3n) is 3.94. The normalized spacial score (nSPS) is 16.8. The number of hydrogen-bond acceptors (Lipinski definition) is 4.